The fourth-order valence-electron chi connectivity index (χ4n) is 4.52. The molecule has 6 atom stereocenters. The number of fused-ring (bicyclic) bond motifs is 1. The van der Waals surface area contributed by atoms with Gasteiger partial charge in [-0.05, 0) is 18.9 Å². The van der Waals surface area contributed by atoms with Crippen molar-refractivity contribution in [3.05, 3.63) is 11.6 Å². The molecule has 2 heterocycles. The average Bonchev–Trinajstić information content (AvgIpc) is 3.46. The van der Waals surface area contributed by atoms with Gasteiger partial charge in [-0.25, -0.2) is 18.8 Å². The molecule has 200 valence electrons. The van der Waals surface area contributed by atoms with E-state index in [1.807, 2.05) is 17.9 Å². The predicted molar refractivity (Wildman–Crippen MR) is 121 cm³/mol. The number of alkyl halides is 1. The molecule has 1 aliphatic carbocycles. The highest BCUT2D eigenvalue weighted by molar-refractivity contribution is 5.83. The maximum absolute atomic E-state index is 13.5. The maximum atomic E-state index is 13.5. The topological polar surface area (TPSA) is 195 Å². The fraction of sp³-hybridized carbons (Fsp3) is 0.682. The monoisotopic (exact) mass is 513 g/mol. The number of carboxylic acids is 2. The van der Waals surface area contributed by atoms with E-state index in [1.165, 1.54) is 10.5 Å². The molecule has 2 saturated heterocycles. The Morgan fingerprint density at radius 3 is 2.28 bits per heavy atom. The van der Waals surface area contributed by atoms with Gasteiger partial charge in [0.15, 0.2) is 12.2 Å². The van der Waals surface area contributed by atoms with E-state index >= 15 is 0 Å². The Bertz CT molecular complexity index is 935. The molecule has 13 nitrogen and oxygen atoms in total. The molecule has 4 unspecified atom stereocenters. The summed E-state index contributed by atoms with van der Waals surface area (Å²) >= 11 is 0. The zero-order chi connectivity index (χ0) is 27.4. The van der Waals surface area contributed by atoms with Crippen molar-refractivity contribution in [2.75, 3.05) is 40.3 Å². The molecule has 0 saturated carbocycles. The van der Waals surface area contributed by atoms with Crippen molar-refractivity contribution in [3.8, 4) is 6.07 Å². The largest absolute Gasteiger partial charge is 0.479 e. The van der Waals surface area contributed by atoms with Gasteiger partial charge in [0, 0.05) is 45.1 Å². The number of nitrogens with zero attached hydrogens (tertiary/aromatic N) is 4. The van der Waals surface area contributed by atoms with Gasteiger partial charge in [-0.1, -0.05) is 6.08 Å². The van der Waals surface area contributed by atoms with Crippen LogP contribution >= 0.6 is 0 Å². The third-order valence-corrected chi connectivity index (χ3v) is 6.33. The molecule has 14 heteroatoms. The van der Waals surface area contributed by atoms with Gasteiger partial charge in [-0.15, -0.1) is 0 Å². The first kappa shape index (κ1) is 29.0. The van der Waals surface area contributed by atoms with Crippen molar-refractivity contribution >= 4 is 23.9 Å². The summed E-state index contributed by atoms with van der Waals surface area (Å²) in [7, 11) is 3.49. The van der Waals surface area contributed by atoms with E-state index in [0.717, 1.165) is 6.42 Å². The lowest BCUT2D eigenvalue weighted by molar-refractivity contribution is -0.165. The van der Waals surface area contributed by atoms with Crippen LogP contribution in [0.4, 0.5) is 9.18 Å². The van der Waals surface area contributed by atoms with Crippen LogP contribution in [0.5, 0.6) is 0 Å². The number of aliphatic carboxylic acids is 2. The number of likely N-dealkylation sites (tertiary alicyclic amines) is 2. The number of rotatable bonds is 6. The molecule has 3 aliphatic rings. The molecule has 0 aromatic carbocycles. The first-order chi connectivity index (χ1) is 16.7. The number of urea groups is 1. The SMILES string of the molecule is CN(C)C(=O)N1CC2=CC(C)(NCC(=O)N3C[C@@H](F)C[C@H]3C#N)CC2C1.O=C(O)C(O)C(O)C(=O)O. The third-order valence-electron chi connectivity index (χ3n) is 6.33. The molecule has 0 radical (unpaired) electrons. The Hall–Kier alpha value is -3.28. The molecule has 2 aliphatic heterocycles. The average molecular weight is 514 g/mol. The summed E-state index contributed by atoms with van der Waals surface area (Å²) < 4.78 is 13.5. The third kappa shape index (κ3) is 6.90. The number of hydrogen-bond donors (Lipinski definition) is 5. The number of nitriles is 1. The highest BCUT2D eigenvalue weighted by atomic mass is 19.1. The highest BCUT2D eigenvalue weighted by Crippen LogP contribution is 2.38. The van der Waals surface area contributed by atoms with E-state index in [1.54, 1.807) is 19.0 Å². The summed E-state index contributed by atoms with van der Waals surface area (Å²) in [6.45, 7) is 3.44. The number of carboxylic acid groups (broad SMARTS) is 2. The standard InChI is InChI=1S/C18H26FN5O2.C4H6O6/c1-18(21-8-16(25)24-11-14(19)4-15(24)7-20)5-12-9-23(10-13(12)6-18)17(26)22(2)3;5-1(3(7)8)2(6)4(9)10/h5,13-15,21H,4,6,8-11H2,1-3H3;1-2,5-6H,(H,7,8)(H,9,10)/t13?,14-,15-,18?;/m0./s1. The van der Waals surface area contributed by atoms with Crippen LogP contribution in [0.3, 0.4) is 0 Å². The molecular weight excluding hydrogens is 481 g/mol. The van der Waals surface area contributed by atoms with Gasteiger partial charge in [-0.3, -0.25) is 10.1 Å². The number of hydrogen-bond acceptors (Lipinski definition) is 8. The van der Waals surface area contributed by atoms with Gasteiger partial charge in [0.1, 0.15) is 12.2 Å². The lowest BCUT2D eigenvalue weighted by Gasteiger charge is -2.28. The first-order valence-electron chi connectivity index (χ1n) is 11.3. The number of aliphatic hydroxyl groups is 2. The van der Waals surface area contributed by atoms with Crippen molar-refractivity contribution < 1.29 is 44.0 Å². The van der Waals surface area contributed by atoms with Gasteiger partial charge in [-0.2, -0.15) is 5.26 Å². The highest BCUT2D eigenvalue weighted by Gasteiger charge is 2.42. The number of halogens is 1. The maximum Gasteiger partial charge on any atom is 0.335 e. The summed E-state index contributed by atoms with van der Waals surface area (Å²) in [4.78, 5) is 48.8. The number of carbonyl (C=O) groups excluding carboxylic acids is 2. The fourth-order valence-corrected chi connectivity index (χ4v) is 4.52. The van der Waals surface area contributed by atoms with Gasteiger partial charge in [0.25, 0.3) is 0 Å². The van der Waals surface area contributed by atoms with E-state index in [-0.39, 0.29) is 37.0 Å². The van der Waals surface area contributed by atoms with Crippen LogP contribution < -0.4 is 5.32 Å². The summed E-state index contributed by atoms with van der Waals surface area (Å²) in [6.07, 6.45) is -2.61. The van der Waals surface area contributed by atoms with E-state index in [2.05, 4.69) is 11.4 Å². The van der Waals surface area contributed by atoms with Crippen molar-refractivity contribution in [2.45, 2.75) is 49.7 Å². The van der Waals surface area contributed by atoms with Gasteiger partial charge >= 0.3 is 18.0 Å². The van der Waals surface area contributed by atoms with Crippen LogP contribution in [-0.2, 0) is 14.4 Å². The van der Waals surface area contributed by atoms with Crippen molar-refractivity contribution in [1.29, 1.82) is 5.26 Å². The second-order valence-corrected chi connectivity index (χ2v) is 9.54. The molecule has 0 bridgehead atoms. The van der Waals surface area contributed by atoms with Crippen molar-refractivity contribution in [2.24, 2.45) is 5.92 Å². The number of carbonyl (C=O) groups is 4. The molecule has 5 N–H and O–H groups in total. The van der Waals surface area contributed by atoms with Crippen molar-refractivity contribution in [1.82, 2.24) is 20.0 Å². The van der Waals surface area contributed by atoms with Crippen LogP contribution in [0.1, 0.15) is 19.8 Å². The minimum Gasteiger partial charge on any atom is -0.479 e. The van der Waals surface area contributed by atoms with E-state index in [9.17, 15) is 23.6 Å². The van der Waals surface area contributed by atoms with E-state index in [0.29, 0.717) is 19.0 Å². The lowest BCUT2D eigenvalue weighted by atomic mass is 9.97. The molecule has 3 amide bonds. The van der Waals surface area contributed by atoms with Crippen LogP contribution in [0.15, 0.2) is 11.6 Å². The minimum atomic E-state index is -2.27. The smallest absolute Gasteiger partial charge is 0.335 e. The normalized spacial score (nSPS) is 28.2. The van der Waals surface area contributed by atoms with Gasteiger partial charge < -0.3 is 35.1 Å². The predicted octanol–water partition coefficient (Wildman–Crippen LogP) is -1.38. The molecule has 36 heavy (non-hydrogen) atoms. The van der Waals surface area contributed by atoms with Gasteiger partial charge in [0.2, 0.25) is 5.91 Å². The number of nitrogens with one attached hydrogen (secondary N) is 1. The summed E-state index contributed by atoms with van der Waals surface area (Å²) in [5.41, 5.74) is 0.905. The minimum absolute atomic E-state index is 0.000769. The lowest BCUT2D eigenvalue weighted by Crippen LogP contribution is -2.48. The zero-order valence-electron chi connectivity index (χ0n) is 20.3. The molecule has 0 spiro atoms. The molecule has 0 aromatic heterocycles. The quantitative estimate of drug-likeness (QED) is 0.264. The van der Waals surface area contributed by atoms with Crippen LogP contribution in [0, 0.1) is 17.2 Å². The Morgan fingerprint density at radius 1 is 1.22 bits per heavy atom. The zero-order valence-corrected chi connectivity index (χ0v) is 20.3. The van der Waals surface area contributed by atoms with Crippen LogP contribution in [-0.4, -0.2) is 129 Å². The number of amides is 3. The van der Waals surface area contributed by atoms with Crippen molar-refractivity contribution in [3.63, 3.8) is 0 Å². The van der Waals surface area contributed by atoms with E-state index in [4.69, 9.17) is 25.7 Å². The van der Waals surface area contributed by atoms with E-state index < -0.39 is 36.4 Å². The summed E-state index contributed by atoms with van der Waals surface area (Å²) in [6, 6.07) is 1.35. The second kappa shape index (κ2) is 11.6. The summed E-state index contributed by atoms with van der Waals surface area (Å²) in [5.74, 6) is -3.47. The molecule has 2 fully saturated rings. The Balaban J connectivity index is 0.000000388. The van der Waals surface area contributed by atoms with Gasteiger partial charge in [0.05, 0.1) is 19.2 Å². The molecule has 3 rings (SSSR count). The summed E-state index contributed by atoms with van der Waals surface area (Å²) in [5, 5.41) is 44.9. The Labute approximate surface area is 207 Å². The van der Waals surface area contributed by atoms with Crippen LogP contribution in [0.2, 0.25) is 0 Å². The number of aliphatic hydroxyl groups excluding tert-OH is 2. The Kier molecular flexibility index (Phi) is 9.36. The molecular formula is C22H32FN5O8. The molecule has 0 aromatic rings. The second-order valence-electron chi connectivity index (χ2n) is 9.54. The Morgan fingerprint density at radius 2 is 1.81 bits per heavy atom. The first-order valence-corrected chi connectivity index (χ1v) is 11.3. The van der Waals surface area contributed by atoms with Crippen LogP contribution in [0.25, 0.3) is 0 Å².